The van der Waals surface area contributed by atoms with E-state index in [-0.39, 0.29) is 0 Å². The maximum Gasteiger partial charge on any atom is 0.0695 e. The molecule has 0 aromatic carbocycles. The van der Waals surface area contributed by atoms with Gasteiger partial charge in [-0.15, -0.1) is 0 Å². The van der Waals surface area contributed by atoms with E-state index in [1.54, 1.807) is 0 Å². The van der Waals surface area contributed by atoms with Crippen LogP contribution in [0.1, 0.15) is 59.3 Å². The molecule has 2 atom stereocenters. The molecular weight excluding hydrogens is 191 g/mol. The minimum Gasteiger partial charge on any atom is -0.0854 e. The molecule has 2 unspecified atom stereocenters. The second kappa shape index (κ2) is 7.19. The molecule has 90 valence electrons. The lowest BCUT2D eigenvalue weighted by atomic mass is 9.81. The largest absolute Gasteiger partial charge is 0.0854 e. The molecule has 1 heteroatoms. The Morgan fingerprint density at radius 3 is 2.31 bits per heavy atom. The molecule has 1 aliphatic carbocycles. The Balaban J connectivity index is 2.19. The van der Waals surface area contributed by atoms with Gasteiger partial charge in [0.15, 0.2) is 0 Å². The van der Waals surface area contributed by atoms with Crippen molar-refractivity contribution in [1.82, 2.24) is 0 Å². The van der Waals surface area contributed by atoms with Crippen LogP contribution in [0.25, 0.3) is 0 Å². The standard InChI is InChI=1S/C15H27B/c1-12(4-8-14(3)16)5-9-15-10-6-13(2)7-11-15/h5,9,12-15H,4,6-8,10-11H2,1-3H3/b9-5+. The van der Waals surface area contributed by atoms with Crippen molar-refractivity contribution in [2.24, 2.45) is 17.8 Å². The van der Waals surface area contributed by atoms with Crippen LogP contribution >= 0.6 is 0 Å². The fourth-order valence-electron chi connectivity index (χ4n) is 2.45. The summed E-state index contributed by atoms with van der Waals surface area (Å²) in [4.78, 5) is 0. The summed E-state index contributed by atoms with van der Waals surface area (Å²) in [6.45, 7) is 6.79. The average molecular weight is 218 g/mol. The van der Waals surface area contributed by atoms with Gasteiger partial charge in [0.2, 0.25) is 0 Å². The Hall–Kier alpha value is -0.195. The summed E-state index contributed by atoms with van der Waals surface area (Å²) >= 11 is 0. The minimum absolute atomic E-state index is 0.353. The normalized spacial score (nSPS) is 30.4. The highest BCUT2D eigenvalue weighted by atomic mass is 14.2. The van der Waals surface area contributed by atoms with E-state index in [1.807, 2.05) is 0 Å². The number of hydrogen-bond acceptors (Lipinski definition) is 0. The molecule has 0 amide bonds. The van der Waals surface area contributed by atoms with Crippen molar-refractivity contribution in [3.63, 3.8) is 0 Å². The second-order valence-electron chi connectivity index (χ2n) is 5.94. The summed E-state index contributed by atoms with van der Waals surface area (Å²) in [5.41, 5.74) is 0. The fraction of sp³-hybridized carbons (Fsp3) is 0.867. The van der Waals surface area contributed by atoms with Crippen molar-refractivity contribution >= 4 is 7.85 Å². The summed E-state index contributed by atoms with van der Waals surface area (Å²) in [7, 11) is 5.77. The van der Waals surface area contributed by atoms with Crippen LogP contribution in [0.4, 0.5) is 0 Å². The first-order valence-corrected chi connectivity index (χ1v) is 7.01. The van der Waals surface area contributed by atoms with Crippen molar-refractivity contribution in [2.75, 3.05) is 0 Å². The van der Waals surface area contributed by atoms with E-state index in [0.717, 1.165) is 18.3 Å². The summed E-state index contributed by atoms with van der Waals surface area (Å²) in [5.74, 6) is 2.87. The molecular formula is C15H27B. The summed E-state index contributed by atoms with van der Waals surface area (Å²) in [6, 6.07) is 0. The number of rotatable bonds is 5. The van der Waals surface area contributed by atoms with Crippen LogP contribution < -0.4 is 0 Å². The quantitative estimate of drug-likeness (QED) is 0.461. The molecule has 0 aliphatic heterocycles. The number of allylic oxidation sites excluding steroid dienone is 2. The molecule has 0 bridgehead atoms. The van der Waals surface area contributed by atoms with Crippen molar-refractivity contribution in [3.05, 3.63) is 12.2 Å². The van der Waals surface area contributed by atoms with Crippen molar-refractivity contribution in [1.29, 1.82) is 0 Å². The third-order valence-electron chi connectivity index (χ3n) is 3.85. The van der Waals surface area contributed by atoms with Crippen LogP contribution in [0.5, 0.6) is 0 Å². The molecule has 0 spiro atoms. The average Bonchev–Trinajstić information content (AvgIpc) is 2.25. The summed E-state index contributed by atoms with van der Waals surface area (Å²) in [5, 5.41) is 0. The predicted molar refractivity (Wildman–Crippen MR) is 73.8 cm³/mol. The lowest BCUT2D eigenvalue weighted by Crippen LogP contribution is -2.10. The van der Waals surface area contributed by atoms with E-state index >= 15 is 0 Å². The Bertz CT molecular complexity index is 199. The lowest BCUT2D eigenvalue weighted by molar-refractivity contribution is 0.329. The van der Waals surface area contributed by atoms with Crippen LogP contribution in [-0.2, 0) is 0 Å². The van der Waals surface area contributed by atoms with Crippen LogP contribution in [0.15, 0.2) is 12.2 Å². The summed E-state index contributed by atoms with van der Waals surface area (Å²) in [6.07, 6.45) is 12.9. The zero-order chi connectivity index (χ0) is 12.0. The third-order valence-corrected chi connectivity index (χ3v) is 3.85. The fourth-order valence-corrected chi connectivity index (χ4v) is 2.45. The molecule has 0 N–H and O–H groups in total. The van der Waals surface area contributed by atoms with Gasteiger partial charge in [0.25, 0.3) is 0 Å². The predicted octanol–water partition coefficient (Wildman–Crippen LogP) is 4.76. The van der Waals surface area contributed by atoms with Gasteiger partial charge in [0.05, 0.1) is 7.85 Å². The topological polar surface area (TPSA) is 0 Å². The molecule has 2 radical (unpaired) electrons. The van der Waals surface area contributed by atoms with Gasteiger partial charge in [-0.2, -0.15) is 0 Å². The van der Waals surface area contributed by atoms with Crippen LogP contribution in [-0.4, -0.2) is 7.85 Å². The molecule has 0 heterocycles. The van der Waals surface area contributed by atoms with Crippen molar-refractivity contribution in [2.45, 2.75) is 65.1 Å². The first kappa shape index (κ1) is 13.9. The monoisotopic (exact) mass is 218 g/mol. The maximum atomic E-state index is 5.77. The molecule has 1 saturated carbocycles. The Labute approximate surface area is 103 Å². The summed E-state index contributed by atoms with van der Waals surface area (Å²) < 4.78 is 0. The van der Waals surface area contributed by atoms with Crippen LogP contribution in [0.2, 0.25) is 5.82 Å². The SMILES string of the molecule is [B]C(C)CCC(C)/C=C/C1CCC(C)CC1. The van der Waals surface area contributed by atoms with Gasteiger partial charge in [0.1, 0.15) is 0 Å². The molecule has 1 fully saturated rings. The first-order chi connectivity index (χ1) is 7.58. The zero-order valence-corrected chi connectivity index (χ0v) is 11.3. The van der Waals surface area contributed by atoms with Gasteiger partial charge < -0.3 is 0 Å². The van der Waals surface area contributed by atoms with E-state index in [2.05, 4.69) is 32.9 Å². The van der Waals surface area contributed by atoms with Gasteiger partial charge in [-0.25, -0.2) is 0 Å². The van der Waals surface area contributed by atoms with Gasteiger partial charge in [-0.3, -0.25) is 0 Å². The third kappa shape index (κ3) is 5.77. The van der Waals surface area contributed by atoms with E-state index in [4.69, 9.17) is 7.85 Å². The Kier molecular flexibility index (Phi) is 6.23. The highest BCUT2D eigenvalue weighted by Gasteiger charge is 2.15. The maximum absolute atomic E-state index is 5.77. The zero-order valence-electron chi connectivity index (χ0n) is 11.3. The van der Waals surface area contributed by atoms with E-state index < -0.39 is 0 Å². The molecule has 0 aromatic rings. The molecule has 16 heavy (non-hydrogen) atoms. The van der Waals surface area contributed by atoms with Crippen molar-refractivity contribution in [3.8, 4) is 0 Å². The van der Waals surface area contributed by atoms with E-state index in [0.29, 0.717) is 11.7 Å². The first-order valence-electron chi connectivity index (χ1n) is 7.01. The highest BCUT2D eigenvalue weighted by molar-refractivity contribution is 6.11. The molecule has 1 rings (SSSR count). The Morgan fingerprint density at radius 1 is 1.12 bits per heavy atom. The van der Waals surface area contributed by atoms with Gasteiger partial charge in [-0.1, -0.05) is 58.0 Å². The van der Waals surface area contributed by atoms with E-state index in [9.17, 15) is 0 Å². The molecule has 0 aromatic heterocycles. The molecule has 0 nitrogen and oxygen atoms in total. The van der Waals surface area contributed by atoms with Crippen molar-refractivity contribution < 1.29 is 0 Å². The molecule has 0 saturated heterocycles. The van der Waals surface area contributed by atoms with Gasteiger partial charge in [-0.05, 0) is 37.0 Å². The van der Waals surface area contributed by atoms with Crippen LogP contribution in [0, 0.1) is 17.8 Å². The smallest absolute Gasteiger partial charge is 0.0695 e. The molecule has 1 aliphatic rings. The Morgan fingerprint density at radius 2 is 1.75 bits per heavy atom. The van der Waals surface area contributed by atoms with Gasteiger partial charge >= 0.3 is 0 Å². The minimum atomic E-state index is 0.353. The van der Waals surface area contributed by atoms with Crippen LogP contribution in [0.3, 0.4) is 0 Å². The highest BCUT2D eigenvalue weighted by Crippen LogP contribution is 2.29. The number of hydrogen-bond donors (Lipinski definition) is 0. The van der Waals surface area contributed by atoms with Gasteiger partial charge in [0, 0.05) is 0 Å². The van der Waals surface area contributed by atoms with E-state index in [1.165, 1.54) is 32.1 Å². The second-order valence-corrected chi connectivity index (χ2v) is 5.94. The lowest BCUT2D eigenvalue weighted by Gasteiger charge is -2.24.